The molecule has 0 aliphatic carbocycles. The number of benzene rings is 1. The summed E-state index contributed by atoms with van der Waals surface area (Å²) < 4.78 is 0. The number of likely N-dealkylation sites (tertiary alicyclic amines) is 1. The number of rotatable bonds is 8. The zero-order valence-electron chi connectivity index (χ0n) is 14.6. The Bertz CT molecular complexity index is 565. The molecular formula is C19H28N4O. The summed E-state index contributed by atoms with van der Waals surface area (Å²) in [7, 11) is 0. The summed E-state index contributed by atoms with van der Waals surface area (Å²) in [6, 6.07) is 8.36. The van der Waals surface area contributed by atoms with Crippen LogP contribution >= 0.6 is 0 Å². The van der Waals surface area contributed by atoms with Gasteiger partial charge in [0.05, 0.1) is 6.54 Å². The van der Waals surface area contributed by atoms with Gasteiger partial charge in [0.2, 0.25) is 5.91 Å². The number of carbonyl (C=O) groups excluding carboxylic acids is 1. The highest BCUT2D eigenvalue weighted by atomic mass is 16.2. The van der Waals surface area contributed by atoms with Crippen molar-refractivity contribution in [3.63, 3.8) is 0 Å². The molecule has 0 aromatic heterocycles. The van der Waals surface area contributed by atoms with Crippen LogP contribution in [0.5, 0.6) is 0 Å². The van der Waals surface area contributed by atoms with Gasteiger partial charge in [0.1, 0.15) is 0 Å². The highest BCUT2D eigenvalue weighted by molar-refractivity contribution is 5.80. The van der Waals surface area contributed by atoms with Crippen LogP contribution < -0.4 is 10.6 Å². The van der Waals surface area contributed by atoms with Crippen molar-refractivity contribution in [3.05, 3.63) is 48.0 Å². The molecule has 24 heavy (non-hydrogen) atoms. The third-order valence-electron chi connectivity index (χ3n) is 3.94. The predicted octanol–water partition coefficient (Wildman–Crippen LogP) is 2.44. The lowest BCUT2D eigenvalue weighted by atomic mass is 10.1. The SMILES string of the molecule is C=CCNC(=NCc1ccc(CN2CCCC2=O)cc1)NCCC. The first kappa shape index (κ1) is 18.0. The van der Waals surface area contributed by atoms with Gasteiger partial charge >= 0.3 is 0 Å². The van der Waals surface area contributed by atoms with E-state index in [1.807, 2.05) is 11.0 Å². The minimum Gasteiger partial charge on any atom is -0.356 e. The average molecular weight is 328 g/mol. The van der Waals surface area contributed by atoms with Crippen LogP contribution in [0.3, 0.4) is 0 Å². The van der Waals surface area contributed by atoms with Crippen molar-refractivity contribution in [2.45, 2.75) is 39.3 Å². The molecule has 1 aromatic rings. The van der Waals surface area contributed by atoms with E-state index in [0.717, 1.165) is 37.5 Å². The Balaban J connectivity index is 1.90. The number of guanidine groups is 1. The third kappa shape index (κ3) is 5.72. The fourth-order valence-corrected chi connectivity index (χ4v) is 2.60. The second-order valence-corrected chi connectivity index (χ2v) is 6.00. The molecule has 0 bridgehead atoms. The molecule has 5 heteroatoms. The summed E-state index contributed by atoms with van der Waals surface area (Å²) >= 11 is 0. The molecule has 2 rings (SSSR count). The van der Waals surface area contributed by atoms with Crippen LogP contribution in [0.4, 0.5) is 0 Å². The van der Waals surface area contributed by atoms with Gasteiger partial charge in [0.15, 0.2) is 5.96 Å². The molecule has 1 aliphatic rings. The molecule has 1 aromatic carbocycles. The predicted molar refractivity (Wildman–Crippen MR) is 98.7 cm³/mol. The molecule has 130 valence electrons. The van der Waals surface area contributed by atoms with Gasteiger partial charge in [-0.1, -0.05) is 37.3 Å². The van der Waals surface area contributed by atoms with E-state index in [0.29, 0.717) is 26.1 Å². The second kappa shape index (κ2) is 9.75. The van der Waals surface area contributed by atoms with Crippen LogP contribution in [-0.2, 0) is 17.9 Å². The maximum Gasteiger partial charge on any atom is 0.222 e. The molecule has 0 atom stereocenters. The van der Waals surface area contributed by atoms with E-state index in [1.165, 1.54) is 5.56 Å². The lowest BCUT2D eigenvalue weighted by molar-refractivity contribution is -0.128. The molecule has 0 unspecified atom stereocenters. The van der Waals surface area contributed by atoms with E-state index in [2.05, 4.69) is 53.4 Å². The number of hydrogen-bond acceptors (Lipinski definition) is 2. The Labute approximate surface area is 144 Å². The van der Waals surface area contributed by atoms with Crippen molar-refractivity contribution in [2.24, 2.45) is 4.99 Å². The van der Waals surface area contributed by atoms with Gasteiger partial charge in [-0.05, 0) is 24.0 Å². The Kier molecular flexibility index (Phi) is 7.33. The molecule has 5 nitrogen and oxygen atoms in total. The van der Waals surface area contributed by atoms with Crippen LogP contribution in [0.2, 0.25) is 0 Å². The quantitative estimate of drug-likeness (QED) is 0.438. The summed E-state index contributed by atoms with van der Waals surface area (Å²) in [6.45, 7) is 9.65. The average Bonchev–Trinajstić information content (AvgIpc) is 3.00. The maximum atomic E-state index is 11.7. The summed E-state index contributed by atoms with van der Waals surface area (Å²) in [5, 5.41) is 6.50. The number of amides is 1. The molecule has 1 saturated heterocycles. The molecule has 1 heterocycles. The Morgan fingerprint density at radius 1 is 1.29 bits per heavy atom. The number of nitrogens with zero attached hydrogens (tertiary/aromatic N) is 2. The van der Waals surface area contributed by atoms with Crippen molar-refractivity contribution >= 4 is 11.9 Å². The zero-order valence-corrected chi connectivity index (χ0v) is 14.6. The minimum absolute atomic E-state index is 0.267. The largest absolute Gasteiger partial charge is 0.356 e. The topological polar surface area (TPSA) is 56.7 Å². The first-order chi connectivity index (χ1) is 11.7. The lowest BCUT2D eigenvalue weighted by Crippen LogP contribution is -2.37. The van der Waals surface area contributed by atoms with E-state index < -0.39 is 0 Å². The van der Waals surface area contributed by atoms with Crippen LogP contribution in [0, 0.1) is 0 Å². The molecule has 0 radical (unpaired) electrons. The van der Waals surface area contributed by atoms with Gasteiger partial charge in [-0.2, -0.15) is 0 Å². The molecule has 0 saturated carbocycles. The fourth-order valence-electron chi connectivity index (χ4n) is 2.60. The Morgan fingerprint density at radius 2 is 2.04 bits per heavy atom. The summed E-state index contributed by atoms with van der Waals surface area (Å²) in [5.74, 6) is 1.08. The van der Waals surface area contributed by atoms with Crippen LogP contribution in [0.15, 0.2) is 41.9 Å². The van der Waals surface area contributed by atoms with Crippen LogP contribution in [0.1, 0.15) is 37.3 Å². The zero-order chi connectivity index (χ0) is 17.2. The number of aliphatic imine (C=N–C) groups is 1. The first-order valence-corrected chi connectivity index (χ1v) is 8.71. The van der Waals surface area contributed by atoms with E-state index in [9.17, 15) is 4.79 Å². The molecule has 1 aliphatic heterocycles. The van der Waals surface area contributed by atoms with Crippen molar-refractivity contribution < 1.29 is 4.79 Å². The van der Waals surface area contributed by atoms with Crippen LogP contribution in [-0.4, -0.2) is 36.4 Å². The van der Waals surface area contributed by atoms with E-state index in [1.54, 1.807) is 0 Å². The first-order valence-electron chi connectivity index (χ1n) is 8.71. The molecule has 2 N–H and O–H groups in total. The molecular weight excluding hydrogens is 300 g/mol. The highest BCUT2D eigenvalue weighted by Crippen LogP contribution is 2.15. The van der Waals surface area contributed by atoms with E-state index in [4.69, 9.17) is 0 Å². The number of carbonyl (C=O) groups is 1. The normalized spacial score (nSPS) is 14.8. The maximum absolute atomic E-state index is 11.7. The van der Waals surface area contributed by atoms with Crippen molar-refractivity contribution in [1.82, 2.24) is 15.5 Å². The van der Waals surface area contributed by atoms with Gasteiger partial charge in [-0.15, -0.1) is 6.58 Å². The van der Waals surface area contributed by atoms with Gasteiger partial charge < -0.3 is 15.5 Å². The van der Waals surface area contributed by atoms with Crippen molar-refractivity contribution in [2.75, 3.05) is 19.6 Å². The van der Waals surface area contributed by atoms with Gasteiger partial charge in [-0.3, -0.25) is 4.79 Å². The third-order valence-corrected chi connectivity index (χ3v) is 3.94. The van der Waals surface area contributed by atoms with Crippen LogP contribution in [0.25, 0.3) is 0 Å². The molecule has 0 spiro atoms. The standard InChI is InChI=1S/C19H28N4O/c1-3-11-20-19(21-12-4-2)22-14-16-7-9-17(10-8-16)15-23-13-5-6-18(23)24/h3,7-10H,1,4-6,11-15H2,2H3,(H2,20,21,22). The smallest absolute Gasteiger partial charge is 0.222 e. The minimum atomic E-state index is 0.267. The second-order valence-electron chi connectivity index (χ2n) is 6.00. The number of hydrogen-bond donors (Lipinski definition) is 2. The van der Waals surface area contributed by atoms with Crippen molar-refractivity contribution in [3.8, 4) is 0 Å². The van der Waals surface area contributed by atoms with Gasteiger partial charge in [0.25, 0.3) is 0 Å². The molecule has 1 amide bonds. The van der Waals surface area contributed by atoms with Crippen molar-refractivity contribution in [1.29, 1.82) is 0 Å². The Morgan fingerprint density at radius 3 is 2.67 bits per heavy atom. The summed E-state index contributed by atoms with van der Waals surface area (Å²) in [5.41, 5.74) is 2.33. The van der Waals surface area contributed by atoms with E-state index >= 15 is 0 Å². The Hall–Kier alpha value is -2.30. The highest BCUT2D eigenvalue weighted by Gasteiger charge is 2.19. The van der Waals surface area contributed by atoms with Gasteiger partial charge in [-0.25, -0.2) is 4.99 Å². The monoisotopic (exact) mass is 328 g/mol. The summed E-state index contributed by atoms with van der Waals surface area (Å²) in [6.07, 6.45) is 4.55. The van der Waals surface area contributed by atoms with Gasteiger partial charge in [0, 0.05) is 32.6 Å². The summed E-state index contributed by atoms with van der Waals surface area (Å²) in [4.78, 5) is 18.2. The lowest BCUT2D eigenvalue weighted by Gasteiger charge is -2.15. The fraction of sp³-hybridized carbons (Fsp3) is 0.474. The molecule has 1 fully saturated rings. The van der Waals surface area contributed by atoms with E-state index in [-0.39, 0.29) is 5.91 Å². The number of nitrogens with one attached hydrogen (secondary N) is 2.